The first-order valence-corrected chi connectivity index (χ1v) is 12.1. The van der Waals surface area contributed by atoms with Crippen molar-refractivity contribution in [3.05, 3.63) is 34.9 Å². The van der Waals surface area contributed by atoms with Crippen molar-refractivity contribution >= 4 is 27.8 Å². The molecule has 29 heavy (non-hydrogen) atoms. The number of ether oxygens (including phenoxy) is 2. The third kappa shape index (κ3) is 8.50. The number of carbonyl (C=O) groups excluding carboxylic acids is 1. The molecule has 1 amide bonds. The Bertz CT molecular complexity index is 757. The molecule has 2 rings (SSSR count). The van der Waals surface area contributed by atoms with Crippen LogP contribution in [-0.2, 0) is 23.8 Å². The van der Waals surface area contributed by atoms with Crippen LogP contribution in [0.25, 0.3) is 0 Å². The van der Waals surface area contributed by atoms with Gasteiger partial charge in [-0.25, -0.2) is 4.79 Å². The van der Waals surface area contributed by atoms with E-state index in [1.165, 1.54) is 0 Å². The fourth-order valence-corrected chi connectivity index (χ4v) is 3.94. The van der Waals surface area contributed by atoms with Gasteiger partial charge in [-0.05, 0) is 37.0 Å². The average molecular weight is 448 g/mol. The molecule has 0 aliphatic carbocycles. The third-order valence-corrected chi connectivity index (χ3v) is 5.55. The van der Waals surface area contributed by atoms with Crippen LogP contribution in [0.15, 0.2) is 24.3 Å². The van der Waals surface area contributed by atoms with Gasteiger partial charge in [0.15, 0.2) is 0 Å². The standard InChI is InChI=1S/C20H30ClNO6S/c1-3-4-11-27-20(23)22-10-6-8-17(15-22)19(16-7-5-9-18(21)14-16)26-12-13-28-29(2,24)25/h5,7,9,14,17,19H,3-4,6,8,10-13,15H2,1-2H3. The number of unbranched alkanes of at least 4 members (excludes halogenated alkanes) is 1. The van der Waals surface area contributed by atoms with Crippen molar-refractivity contribution in [2.24, 2.45) is 5.92 Å². The summed E-state index contributed by atoms with van der Waals surface area (Å²) >= 11 is 6.15. The fraction of sp³-hybridized carbons (Fsp3) is 0.650. The molecular weight excluding hydrogens is 418 g/mol. The molecular formula is C20H30ClNO6S. The number of carbonyl (C=O) groups is 1. The number of nitrogens with zero attached hydrogens (tertiary/aromatic N) is 1. The first kappa shape index (κ1) is 23.9. The molecule has 0 N–H and O–H groups in total. The molecule has 1 aromatic rings. The van der Waals surface area contributed by atoms with E-state index >= 15 is 0 Å². The minimum atomic E-state index is -3.52. The largest absolute Gasteiger partial charge is 0.449 e. The SMILES string of the molecule is CCCCOC(=O)N1CCCC(C(OCCOS(C)(=O)=O)c2cccc(Cl)c2)C1. The summed E-state index contributed by atoms with van der Waals surface area (Å²) in [5.74, 6) is 0.0409. The van der Waals surface area contributed by atoms with Gasteiger partial charge in [-0.3, -0.25) is 4.18 Å². The first-order valence-electron chi connectivity index (χ1n) is 9.93. The second-order valence-electron chi connectivity index (χ2n) is 7.19. The highest BCUT2D eigenvalue weighted by molar-refractivity contribution is 7.85. The van der Waals surface area contributed by atoms with Crippen LogP contribution in [0.1, 0.15) is 44.3 Å². The lowest BCUT2D eigenvalue weighted by Gasteiger charge is -2.36. The van der Waals surface area contributed by atoms with Crippen molar-refractivity contribution < 1.29 is 26.9 Å². The molecule has 1 aliphatic heterocycles. The Hall–Kier alpha value is -1.35. The van der Waals surface area contributed by atoms with E-state index in [2.05, 4.69) is 0 Å². The number of benzene rings is 1. The number of likely N-dealkylation sites (tertiary alicyclic amines) is 1. The predicted molar refractivity (Wildman–Crippen MR) is 111 cm³/mol. The highest BCUT2D eigenvalue weighted by Crippen LogP contribution is 2.34. The van der Waals surface area contributed by atoms with Crippen LogP contribution in [0.4, 0.5) is 4.79 Å². The summed E-state index contributed by atoms with van der Waals surface area (Å²) < 4.78 is 38.5. The van der Waals surface area contributed by atoms with Crippen molar-refractivity contribution in [3.8, 4) is 0 Å². The van der Waals surface area contributed by atoms with Gasteiger partial charge in [0.05, 0.1) is 32.2 Å². The molecule has 2 unspecified atom stereocenters. The summed E-state index contributed by atoms with van der Waals surface area (Å²) in [5, 5.41) is 0.593. The van der Waals surface area contributed by atoms with Crippen molar-refractivity contribution in [1.29, 1.82) is 0 Å². The maximum Gasteiger partial charge on any atom is 0.409 e. The molecule has 0 bridgehead atoms. The second kappa shape index (κ2) is 11.7. The van der Waals surface area contributed by atoms with E-state index < -0.39 is 10.1 Å². The van der Waals surface area contributed by atoms with Crippen LogP contribution in [0, 0.1) is 5.92 Å². The van der Waals surface area contributed by atoms with Gasteiger partial charge in [-0.2, -0.15) is 8.42 Å². The number of rotatable bonds is 10. The highest BCUT2D eigenvalue weighted by atomic mass is 35.5. The molecule has 0 aromatic heterocycles. The molecule has 0 saturated carbocycles. The van der Waals surface area contributed by atoms with Gasteiger partial charge in [0.25, 0.3) is 10.1 Å². The molecule has 1 fully saturated rings. The number of hydrogen-bond donors (Lipinski definition) is 0. The normalized spacial score (nSPS) is 18.4. The molecule has 0 radical (unpaired) electrons. The lowest BCUT2D eigenvalue weighted by molar-refractivity contribution is -0.0248. The van der Waals surface area contributed by atoms with Gasteiger partial charge in [-0.15, -0.1) is 0 Å². The van der Waals surface area contributed by atoms with Crippen LogP contribution in [-0.4, -0.2) is 58.6 Å². The van der Waals surface area contributed by atoms with Gasteiger partial charge < -0.3 is 14.4 Å². The van der Waals surface area contributed by atoms with Gasteiger partial charge in [0.2, 0.25) is 0 Å². The van der Waals surface area contributed by atoms with E-state index in [0.717, 1.165) is 37.5 Å². The number of piperidine rings is 1. The number of halogens is 1. The van der Waals surface area contributed by atoms with E-state index in [1.54, 1.807) is 11.0 Å². The first-order chi connectivity index (χ1) is 13.8. The third-order valence-electron chi connectivity index (χ3n) is 4.72. The molecule has 1 aliphatic rings. The molecule has 0 spiro atoms. The van der Waals surface area contributed by atoms with E-state index in [-0.39, 0.29) is 31.3 Å². The number of amides is 1. The van der Waals surface area contributed by atoms with Crippen LogP contribution in [0.5, 0.6) is 0 Å². The van der Waals surface area contributed by atoms with Gasteiger partial charge in [-0.1, -0.05) is 37.1 Å². The topological polar surface area (TPSA) is 82.1 Å². The molecule has 1 saturated heterocycles. The molecule has 1 heterocycles. The van der Waals surface area contributed by atoms with Crippen molar-refractivity contribution in [2.75, 3.05) is 39.2 Å². The van der Waals surface area contributed by atoms with E-state index in [9.17, 15) is 13.2 Å². The molecule has 7 nitrogen and oxygen atoms in total. The summed E-state index contributed by atoms with van der Waals surface area (Å²) in [6, 6.07) is 7.39. The predicted octanol–water partition coefficient (Wildman–Crippen LogP) is 4.02. The minimum Gasteiger partial charge on any atom is -0.449 e. The smallest absolute Gasteiger partial charge is 0.409 e. The molecule has 164 valence electrons. The van der Waals surface area contributed by atoms with Crippen LogP contribution < -0.4 is 0 Å². The lowest BCUT2D eigenvalue weighted by atomic mass is 9.88. The minimum absolute atomic E-state index is 0.0409. The van der Waals surface area contributed by atoms with Crippen LogP contribution >= 0.6 is 11.6 Å². The van der Waals surface area contributed by atoms with Crippen molar-refractivity contribution in [2.45, 2.75) is 38.7 Å². The lowest BCUT2D eigenvalue weighted by Crippen LogP contribution is -2.42. The summed E-state index contributed by atoms with van der Waals surface area (Å²) in [7, 11) is -3.52. The van der Waals surface area contributed by atoms with Crippen LogP contribution in [0.2, 0.25) is 5.02 Å². The van der Waals surface area contributed by atoms with Crippen LogP contribution in [0.3, 0.4) is 0 Å². The Morgan fingerprint density at radius 1 is 1.31 bits per heavy atom. The highest BCUT2D eigenvalue weighted by Gasteiger charge is 2.32. The summed E-state index contributed by atoms with van der Waals surface area (Å²) in [6.45, 7) is 3.68. The second-order valence-corrected chi connectivity index (χ2v) is 9.27. The maximum absolute atomic E-state index is 12.4. The zero-order chi connectivity index (χ0) is 21.3. The Balaban J connectivity index is 2.05. The quantitative estimate of drug-likeness (QED) is 0.398. The van der Waals surface area contributed by atoms with Crippen molar-refractivity contribution in [3.63, 3.8) is 0 Å². The van der Waals surface area contributed by atoms with E-state index in [0.29, 0.717) is 24.7 Å². The number of hydrogen-bond acceptors (Lipinski definition) is 6. The Kier molecular flexibility index (Phi) is 9.68. The fourth-order valence-electron chi connectivity index (χ4n) is 3.37. The molecule has 9 heteroatoms. The molecule has 1 aromatic carbocycles. The maximum atomic E-state index is 12.4. The summed E-state index contributed by atoms with van der Waals surface area (Å²) in [6.07, 6.45) is 3.91. The monoisotopic (exact) mass is 447 g/mol. The molecule has 2 atom stereocenters. The van der Waals surface area contributed by atoms with Gasteiger partial charge >= 0.3 is 6.09 Å². The summed E-state index contributed by atoms with van der Waals surface area (Å²) in [4.78, 5) is 14.1. The Morgan fingerprint density at radius 3 is 2.79 bits per heavy atom. The van der Waals surface area contributed by atoms with E-state index in [4.69, 9.17) is 25.3 Å². The van der Waals surface area contributed by atoms with Gasteiger partial charge in [0, 0.05) is 24.0 Å². The van der Waals surface area contributed by atoms with Gasteiger partial charge in [0.1, 0.15) is 0 Å². The Morgan fingerprint density at radius 2 is 2.10 bits per heavy atom. The zero-order valence-corrected chi connectivity index (χ0v) is 18.6. The van der Waals surface area contributed by atoms with E-state index in [1.807, 2.05) is 25.1 Å². The zero-order valence-electron chi connectivity index (χ0n) is 17.0. The average Bonchev–Trinajstić information content (AvgIpc) is 2.67. The Labute approximate surface area is 178 Å². The van der Waals surface area contributed by atoms with Crippen molar-refractivity contribution in [1.82, 2.24) is 4.90 Å². The summed E-state index contributed by atoms with van der Waals surface area (Å²) in [5.41, 5.74) is 0.892.